The first-order valence-electron chi connectivity index (χ1n) is 5.79. The van der Waals surface area contributed by atoms with E-state index in [1.807, 2.05) is 31.2 Å². The van der Waals surface area contributed by atoms with Crippen LogP contribution in [0.5, 0.6) is 0 Å². The van der Waals surface area contributed by atoms with Crippen LogP contribution in [0.4, 0.5) is 0 Å². The number of halogens is 1. The average molecular weight is 361 g/mol. The third-order valence-electron chi connectivity index (χ3n) is 2.46. The van der Waals surface area contributed by atoms with Crippen LogP contribution in [-0.4, -0.2) is 23.0 Å². The molecule has 2 N–H and O–H groups in total. The second-order valence-electron chi connectivity index (χ2n) is 4.05. The summed E-state index contributed by atoms with van der Waals surface area (Å²) in [5.41, 5.74) is 0.889. The molecule has 18 heavy (non-hydrogen) atoms. The van der Waals surface area contributed by atoms with Crippen molar-refractivity contribution < 1.29 is 14.7 Å². The second-order valence-corrected chi connectivity index (χ2v) is 5.30. The summed E-state index contributed by atoms with van der Waals surface area (Å²) >= 11 is 2.18. The van der Waals surface area contributed by atoms with Crippen molar-refractivity contribution in [2.75, 3.05) is 0 Å². The monoisotopic (exact) mass is 361 g/mol. The van der Waals surface area contributed by atoms with Crippen LogP contribution in [0, 0.1) is 3.57 Å². The Morgan fingerprint density at radius 3 is 2.72 bits per heavy atom. The van der Waals surface area contributed by atoms with Crippen LogP contribution >= 0.6 is 22.6 Å². The van der Waals surface area contributed by atoms with Crippen LogP contribution in [0.25, 0.3) is 0 Å². The molecule has 5 heteroatoms. The summed E-state index contributed by atoms with van der Waals surface area (Å²) < 4.78 is 1.06. The quantitative estimate of drug-likeness (QED) is 0.764. The Labute approximate surface area is 120 Å². The first kappa shape index (κ1) is 14.9. The van der Waals surface area contributed by atoms with E-state index >= 15 is 0 Å². The van der Waals surface area contributed by atoms with Crippen LogP contribution < -0.4 is 5.32 Å². The Kier molecular flexibility index (Phi) is 6.11. The second kappa shape index (κ2) is 7.35. The highest BCUT2D eigenvalue weighted by atomic mass is 127. The number of rotatable bonds is 6. The minimum atomic E-state index is -0.979. The number of nitrogens with one attached hydrogen (secondary N) is 1. The Balaban J connectivity index is 2.57. The van der Waals surface area contributed by atoms with E-state index in [2.05, 4.69) is 27.9 Å². The molecule has 1 atom stereocenters. The van der Waals surface area contributed by atoms with Crippen LogP contribution in [0.15, 0.2) is 24.3 Å². The van der Waals surface area contributed by atoms with E-state index in [0.717, 1.165) is 15.6 Å². The van der Waals surface area contributed by atoms with Crippen molar-refractivity contribution in [3.8, 4) is 0 Å². The van der Waals surface area contributed by atoms with Gasteiger partial charge in [-0.15, -0.1) is 0 Å². The Hall–Kier alpha value is -1.11. The van der Waals surface area contributed by atoms with Gasteiger partial charge < -0.3 is 10.4 Å². The largest absolute Gasteiger partial charge is 0.480 e. The van der Waals surface area contributed by atoms with Gasteiger partial charge >= 0.3 is 5.97 Å². The fourth-order valence-electron chi connectivity index (χ4n) is 1.62. The first-order chi connectivity index (χ1) is 8.52. The summed E-state index contributed by atoms with van der Waals surface area (Å²) in [7, 11) is 0. The molecule has 0 saturated heterocycles. The normalized spacial score (nSPS) is 11.9. The van der Waals surface area contributed by atoms with Gasteiger partial charge in [-0.2, -0.15) is 0 Å². The fourth-order valence-corrected chi connectivity index (χ4v) is 2.23. The fraction of sp³-hybridized carbons (Fsp3) is 0.385. The van der Waals surface area contributed by atoms with Gasteiger partial charge in [0, 0.05) is 3.57 Å². The summed E-state index contributed by atoms with van der Waals surface area (Å²) in [4.78, 5) is 22.7. The minimum Gasteiger partial charge on any atom is -0.480 e. The lowest BCUT2D eigenvalue weighted by molar-refractivity contribution is -0.141. The van der Waals surface area contributed by atoms with Crippen molar-refractivity contribution >= 4 is 34.5 Å². The summed E-state index contributed by atoms with van der Waals surface area (Å²) in [6.07, 6.45) is 1.39. The summed E-state index contributed by atoms with van der Waals surface area (Å²) in [6.45, 7) is 1.89. The highest BCUT2D eigenvalue weighted by Gasteiger charge is 2.18. The number of aliphatic carboxylic acids is 1. The molecule has 0 heterocycles. The maximum absolute atomic E-state index is 11.7. The topological polar surface area (TPSA) is 66.4 Å². The third-order valence-corrected chi connectivity index (χ3v) is 3.14. The van der Waals surface area contributed by atoms with Crippen LogP contribution in [-0.2, 0) is 16.0 Å². The Morgan fingerprint density at radius 2 is 2.17 bits per heavy atom. The van der Waals surface area contributed by atoms with E-state index in [0.29, 0.717) is 6.42 Å². The molecular formula is C13H16INO3. The molecule has 0 spiro atoms. The zero-order valence-electron chi connectivity index (χ0n) is 10.1. The molecule has 0 radical (unpaired) electrons. The average Bonchev–Trinajstić information content (AvgIpc) is 2.28. The molecule has 0 fully saturated rings. The van der Waals surface area contributed by atoms with Gasteiger partial charge in [0.2, 0.25) is 5.91 Å². The number of carbonyl (C=O) groups is 2. The standard InChI is InChI=1S/C13H16INO3/c1-2-4-11(13(17)18)15-12(16)8-9-5-3-6-10(14)7-9/h3,5-7,11H,2,4,8H2,1H3,(H,15,16)(H,17,18). The summed E-state index contributed by atoms with van der Waals surface area (Å²) in [5, 5.41) is 11.5. The van der Waals surface area contributed by atoms with E-state index in [1.54, 1.807) is 0 Å². The predicted octanol–water partition coefficient (Wildman–Crippen LogP) is 2.20. The van der Waals surface area contributed by atoms with Gasteiger partial charge in [0.1, 0.15) is 6.04 Å². The van der Waals surface area contributed by atoms with Crippen LogP contribution in [0.3, 0.4) is 0 Å². The molecule has 0 aliphatic heterocycles. The molecule has 1 rings (SSSR count). The van der Waals surface area contributed by atoms with Crippen molar-refractivity contribution in [2.24, 2.45) is 0 Å². The number of benzene rings is 1. The van der Waals surface area contributed by atoms with Crippen molar-refractivity contribution in [1.82, 2.24) is 5.32 Å². The maximum atomic E-state index is 11.7. The van der Waals surface area contributed by atoms with Crippen molar-refractivity contribution in [3.63, 3.8) is 0 Å². The molecule has 0 bridgehead atoms. The zero-order valence-corrected chi connectivity index (χ0v) is 12.3. The summed E-state index contributed by atoms with van der Waals surface area (Å²) in [5.74, 6) is -1.23. The zero-order chi connectivity index (χ0) is 13.5. The Morgan fingerprint density at radius 1 is 1.44 bits per heavy atom. The molecule has 0 aliphatic carbocycles. The summed E-state index contributed by atoms with van der Waals surface area (Å²) in [6, 6.07) is 6.81. The van der Waals surface area contributed by atoms with Crippen molar-refractivity contribution in [1.29, 1.82) is 0 Å². The minimum absolute atomic E-state index is 0.213. The smallest absolute Gasteiger partial charge is 0.326 e. The SMILES string of the molecule is CCCC(NC(=O)Cc1cccc(I)c1)C(=O)O. The number of hydrogen-bond donors (Lipinski definition) is 2. The lowest BCUT2D eigenvalue weighted by Gasteiger charge is -2.13. The molecule has 1 aromatic carbocycles. The molecule has 0 saturated carbocycles. The van der Waals surface area contributed by atoms with Gasteiger partial charge in [-0.25, -0.2) is 4.79 Å². The van der Waals surface area contributed by atoms with E-state index in [-0.39, 0.29) is 12.3 Å². The van der Waals surface area contributed by atoms with Crippen LogP contribution in [0.2, 0.25) is 0 Å². The molecule has 1 amide bonds. The molecule has 98 valence electrons. The highest BCUT2D eigenvalue weighted by molar-refractivity contribution is 14.1. The lowest BCUT2D eigenvalue weighted by atomic mass is 10.1. The molecule has 0 aromatic heterocycles. The van der Waals surface area contributed by atoms with E-state index in [1.165, 1.54) is 0 Å². The number of carbonyl (C=O) groups excluding carboxylic acids is 1. The molecule has 1 aromatic rings. The van der Waals surface area contributed by atoms with Gasteiger partial charge in [0.15, 0.2) is 0 Å². The lowest BCUT2D eigenvalue weighted by Crippen LogP contribution is -2.41. The number of hydrogen-bond acceptors (Lipinski definition) is 2. The van der Waals surface area contributed by atoms with Crippen LogP contribution in [0.1, 0.15) is 25.3 Å². The van der Waals surface area contributed by atoms with E-state index < -0.39 is 12.0 Å². The van der Waals surface area contributed by atoms with Gasteiger partial charge in [-0.1, -0.05) is 25.5 Å². The number of amides is 1. The molecular weight excluding hydrogens is 345 g/mol. The van der Waals surface area contributed by atoms with E-state index in [9.17, 15) is 9.59 Å². The van der Waals surface area contributed by atoms with E-state index in [4.69, 9.17) is 5.11 Å². The molecule has 4 nitrogen and oxygen atoms in total. The van der Waals surface area contributed by atoms with Gasteiger partial charge in [-0.05, 0) is 46.7 Å². The van der Waals surface area contributed by atoms with Crippen molar-refractivity contribution in [3.05, 3.63) is 33.4 Å². The number of carboxylic acid groups (broad SMARTS) is 1. The Bertz CT molecular complexity index is 434. The molecule has 1 unspecified atom stereocenters. The predicted molar refractivity (Wildman–Crippen MR) is 77.3 cm³/mol. The van der Waals surface area contributed by atoms with Gasteiger partial charge in [0.05, 0.1) is 6.42 Å². The highest BCUT2D eigenvalue weighted by Crippen LogP contribution is 2.08. The van der Waals surface area contributed by atoms with Gasteiger partial charge in [-0.3, -0.25) is 4.79 Å². The van der Waals surface area contributed by atoms with Crippen molar-refractivity contribution in [2.45, 2.75) is 32.2 Å². The third kappa shape index (κ3) is 5.03. The number of carboxylic acids is 1. The van der Waals surface area contributed by atoms with Gasteiger partial charge in [0.25, 0.3) is 0 Å². The maximum Gasteiger partial charge on any atom is 0.326 e. The molecule has 0 aliphatic rings. The first-order valence-corrected chi connectivity index (χ1v) is 6.87.